The third-order valence-electron chi connectivity index (χ3n) is 5.72. The monoisotopic (exact) mass is 502 g/mol. The molecule has 0 spiro atoms. The van der Waals surface area contributed by atoms with Crippen molar-refractivity contribution in [1.82, 2.24) is 9.21 Å². The summed E-state index contributed by atoms with van der Waals surface area (Å²) in [6, 6.07) is 10.4. The molecule has 1 aliphatic heterocycles. The summed E-state index contributed by atoms with van der Waals surface area (Å²) in [5.41, 5.74) is 2.33. The molecule has 35 heavy (non-hydrogen) atoms. The van der Waals surface area contributed by atoms with Crippen LogP contribution in [0.1, 0.15) is 16.7 Å². The van der Waals surface area contributed by atoms with Crippen LogP contribution in [0, 0.1) is 13.8 Å². The number of hydrogen-bond donors (Lipinski definition) is 0. The van der Waals surface area contributed by atoms with Gasteiger partial charge in [-0.3, -0.25) is 4.79 Å². The summed E-state index contributed by atoms with van der Waals surface area (Å²) in [5.74, 6) is 0.0943. The van der Waals surface area contributed by atoms with Crippen LogP contribution >= 0.6 is 0 Å². The van der Waals surface area contributed by atoms with Crippen molar-refractivity contribution in [3.63, 3.8) is 0 Å². The molecule has 0 aliphatic carbocycles. The van der Waals surface area contributed by atoms with Crippen molar-refractivity contribution in [2.24, 2.45) is 0 Å². The summed E-state index contributed by atoms with van der Waals surface area (Å²) >= 11 is 0. The smallest absolute Gasteiger partial charge is 0.331 e. The van der Waals surface area contributed by atoms with Crippen molar-refractivity contribution in [3.05, 3.63) is 59.2 Å². The fraction of sp³-hybridized carbons (Fsp3) is 0.360. The van der Waals surface area contributed by atoms with Gasteiger partial charge < -0.3 is 19.1 Å². The van der Waals surface area contributed by atoms with Gasteiger partial charge in [0.25, 0.3) is 5.91 Å². The van der Waals surface area contributed by atoms with Gasteiger partial charge in [0.05, 0.1) is 19.1 Å². The molecule has 1 heterocycles. The van der Waals surface area contributed by atoms with Gasteiger partial charge in [0, 0.05) is 43.9 Å². The molecule has 2 aromatic rings. The number of rotatable bonds is 8. The molecular formula is C25H30N2O7S. The normalized spacial score (nSPS) is 14.7. The predicted octanol–water partition coefficient (Wildman–Crippen LogP) is 2.41. The Labute approximate surface area is 205 Å². The summed E-state index contributed by atoms with van der Waals surface area (Å²) in [6.45, 7) is 4.05. The summed E-state index contributed by atoms with van der Waals surface area (Å²) in [7, 11) is -0.592. The fourth-order valence-electron chi connectivity index (χ4n) is 3.79. The first-order chi connectivity index (χ1) is 16.6. The molecule has 1 amide bonds. The fourth-order valence-corrected chi connectivity index (χ4v) is 5.42. The second-order valence-corrected chi connectivity index (χ2v) is 10.0. The molecular weight excluding hydrogens is 472 g/mol. The van der Waals surface area contributed by atoms with Gasteiger partial charge in [0.2, 0.25) is 10.0 Å². The Hall–Kier alpha value is -3.37. The number of aryl methyl sites for hydroxylation is 2. The lowest BCUT2D eigenvalue weighted by molar-refractivity contribution is -0.148. The molecule has 9 nitrogen and oxygen atoms in total. The number of benzene rings is 2. The number of ether oxygens (including phenoxy) is 3. The zero-order valence-electron chi connectivity index (χ0n) is 20.3. The third kappa shape index (κ3) is 6.40. The Morgan fingerprint density at radius 1 is 0.971 bits per heavy atom. The molecule has 1 aliphatic rings. The van der Waals surface area contributed by atoms with E-state index in [4.69, 9.17) is 14.2 Å². The quantitative estimate of drug-likeness (QED) is 0.403. The van der Waals surface area contributed by atoms with Crippen LogP contribution < -0.4 is 9.47 Å². The number of carbonyl (C=O) groups excluding carboxylic acids is 2. The molecule has 10 heteroatoms. The standard InChI is InChI=1S/C25H30N2O7S/c1-18-5-9-23(19(2)15-18)35(30,31)27-13-11-26(12-14-27)24(28)17-34-25(29)10-7-20-6-8-21(32-3)16-22(20)33-4/h5-10,15-16H,11-14,17H2,1-4H3. The molecule has 188 valence electrons. The van der Waals surface area contributed by atoms with Gasteiger partial charge >= 0.3 is 5.97 Å². The maximum Gasteiger partial charge on any atom is 0.331 e. The molecule has 0 saturated carbocycles. The number of carbonyl (C=O) groups is 2. The van der Waals surface area contributed by atoms with E-state index in [0.29, 0.717) is 22.6 Å². The molecule has 3 rings (SSSR count). The van der Waals surface area contributed by atoms with Crippen LogP contribution in [-0.4, -0.2) is 76.5 Å². The van der Waals surface area contributed by atoms with E-state index in [-0.39, 0.29) is 37.0 Å². The molecule has 1 fully saturated rings. The van der Waals surface area contributed by atoms with E-state index in [2.05, 4.69) is 0 Å². The van der Waals surface area contributed by atoms with E-state index in [1.165, 1.54) is 28.5 Å². The Morgan fingerprint density at radius 2 is 1.69 bits per heavy atom. The second kappa shape index (κ2) is 11.4. The van der Waals surface area contributed by atoms with E-state index in [9.17, 15) is 18.0 Å². The minimum Gasteiger partial charge on any atom is -0.497 e. The average Bonchev–Trinajstić information content (AvgIpc) is 2.85. The van der Waals surface area contributed by atoms with Crippen LogP contribution in [0.3, 0.4) is 0 Å². The van der Waals surface area contributed by atoms with E-state index in [1.54, 1.807) is 44.4 Å². The van der Waals surface area contributed by atoms with Crippen LogP contribution in [0.15, 0.2) is 47.4 Å². The first-order valence-corrected chi connectivity index (χ1v) is 12.5. The molecule has 0 bridgehead atoms. The highest BCUT2D eigenvalue weighted by Gasteiger charge is 2.31. The SMILES string of the molecule is COc1ccc(C=CC(=O)OCC(=O)N2CCN(S(=O)(=O)c3ccc(C)cc3C)CC2)c(OC)c1. The maximum atomic E-state index is 13.0. The number of amides is 1. The van der Waals surface area contributed by atoms with Gasteiger partial charge in [-0.05, 0) is 43.7 Å². The Balaban J connectivity index is 1.51. The summed E-state index contributed by atoms with van der Waals surface area (Å²) in [6.07, 6.45) is 2.74. The van der Waals surface area contributed by atoms with Gasteiger partial charge in [0.15, 0.2) is 6.61 Å². The number of hydrogen-bond acceptors (Lipinski definition) is 7. The lowest BCUT2D eigenvalue weighted by Gasteiger charge is -2.34. The highest BCUT2D eigenvalue weighted by Crippen LogP contribution is 2.25. The summed E-state index contributed by atoms with van der Waals surface area (Å²) in [5, 5.41) is 0. The zero-order chi connectivity index (χ0) is 25.6. The van der Waals surface area contributed by atoms with Crippen LogP contribution in [0.25, 0.3) is 6.08 Å². The lowest BCUT2D eigenvalue weighted by atomic mass is 10.2. The largest absolute Gasteiger partial charge is 0.497 e. The van der Waals surface area contributed by atoms with Crippen molar-refractivity contribution < 1.29 is 32.2 Å². The van der Waals surface area contributed by atoms with E-state index >= 15 is 0 Å². The Bertz CT molecular complexity index is 1220. The Kier molecular flexibility index (Phi) is 8.52. The van der Waals surface area contributed by atoms with E-state index in [1.807, 2.05) is 13.0 Å². The predicted molar refractivity (Wildman–Crippen MR) is 131 cm³/mol. The first-order valence-electron chi connectivity index (χ1n) is 11.1. The number of nitrogens with zero attached hydrogens (tertiary/aromatic N) is 2. The van der Waals surface area contributed by atoms with Crippen LogP contribution in [0.5, 0.6) is 11.5 Å². The van der Waals surface area contributed by atoms with E-state index in [0.717, 1.165) is 5.56 Å². The van der Waals surface area contributed by atoms with Gasteiger partial charge in [-0.25, -0.2) is 13.2 Å². The maximum absolute atomic E-state index is 13.0. The average molecular weight is 503 g/mol. The molecule has 2 aromatic carbocycles. The van der Waals surface area contributed by atoms with Crippen molar-refractivity contribution in [1.29, 1.82) is 0 Å². The molecule has 0 N–H and O–H groups in total. The summed E-state index contributed by atoms with van der Waals surface area (Å²) < 4.78 is 42.9. The highest BCUT2D eigenvalue weighted by molar-refractivity contribution is 7.89. The third-order valence-corrected chi connectivity index (χ3v) is 7.78. The second-order valence-electron chi connectivity index (χ2n) is 8.10. The minimum absolute atomic E-state index is 0.173. The lowest BCUT2D eigenvalue weighted by Crippen LogP contribution is -2.51. The molecule has 1 saturated heterocycles. The highest BCUT2D eigenvalue weighted by atomic mass is 32.2. The van der Waals surface area contributed by atoms with Crippen LogP contribution in [0.2, 0.25) is 0 Å². The van der Waals surface area contributed by atoms with Gasteiger partial charge in [-0.1, -0.05) is 17.7 Å². The first kappa shape index (κ1) is 26.2. The minimum atomic E-state index is -3.65. The van der Waals surface area contributed by atoms with E-state index < -0.39 is 22.6 Å². The van der Waals surface area contributed by atoms with Gasteiger partial charge in [-0.2, -0.15) is 4.31 Å². The van der Waals surface area contributed by atoms with Crippen molar-refractivity contribution in [2.75, 3.05) is 47.0 Å². The topological polar surface area (TPSA) is 102 Å². The molecule has 0 radical (unpaired) electrons. The number of methoxy groups -OCH3 is 2. The van der Waals surface area contributed by atoms with Crippen LogP contribution in [0.4, 0.5) is 0 Å². The Morgan fingerprint density at radius 3 is 2.31 bits per heavy atom. The van der Waals surface area contributed by atoms with Crippen molar-refractivity contribution >= 4 is 28.0 Å². The molecule has 0 aromatic heterocycles. The molecule has 0 atom stereocenters. The molecule has 0 unspecified atom stereocenters. The van der Waals surface area contributed by atoms with Gasteiger partial charge in [0.1, 0.15) is 11.5 Å². The van der Waals surface area contributed by atoms with Crippen molar-refractivity contribution in [3.8, 4) is 11.5 Å². The number of piperazine rings is 1. The van der Waals surface area contributed by atoms with Crippen LogP contribution in [-0.2, 0) is 24.3 Å². The van der Waals surface area contributed by atoms with Crippen molar-refractivity contribution in [2.45, 2.75) is 18.7 Å². The zero-order valence-corrected chi connectivity index (χ0v) is 21.1. The summed E-state index contributed by atoms with van der Waals surface area (Å²) in [4.78, 5) is 26.4. The number of esters is 1. The number of sulfonamides is 1. The van der Waals surface area contributed by atoms with Gasteiger partial charge in [-0.15, -0.1) is 0 Å².